The summed E-state index contributed by atoms with van der Waals surface area (Å²) in [6, 6.07) is 0. The zero-order chi connectivity index (χ0) is 16.2. The Balaban J connectivity index is 2.92. The van der Waals surface area contributed by atoms with Crippen LogP contribution in [0.2, 0.25) is 0 Å². The molecule has 1 fully saturated rings. The molecule has 0 saturated heterocycles. The second-order valence-electron chi connectivity index (χ2n) is 8.57. The standard InChI is InChI=1S/C21H40/c1-9-10-11-12-17(5)21(8)14-16(4)18(6)19(7)20(21)13-15(2)3/h16-20H,2,9-14H2,1,3-8H3. The third kappa shape index (κ3) is 4.36. The number of hydrogen-bond acceptors (Lipinski definition) is 0. The highest BCUT2D eigenvalue weighted by molar-refractivity contribution is 5.03. The van der Waals surface area contributed by atoms with E-state index in [1.165, 1.54) is 44.1 Å². The van der Waals surface area contributed by atoms with Gasteiger partial charge in [-0.15, -0.1) is 6.58 Å². The SMILES string of the molecule is C=C(C)CC1C(C)C(C)C(C)CC1(C)C(C)CCCCC. The average molecular weight is 293 g/mol. The Morgan fingerprint density at radius 1 is 1.19 bits per heavy atom. The van der Waals surface area contributed by atoms with Crippen molar-refractivity contribution in [2.45, 2.75) is 87.0 Å². The molecule has 21 heavy (non-hydrogen) atoms. The molecule has 0 N–H and O–H groups in total. The molecule has 0 amide bonds. The molecular weight excluding hydrogens is 252 g/mol. The van der Waals surface area contributed by atoms with Crippen molar-refractivity contribution >= 4 is 0 Å². The van der Waals surface area contributed by atoms with E-state index < -0.39 is 0 Å². The summed E-state index contributed by atoms with van der Waals surface area (Å²) in [6.07, 6.45) is 8.18. The van der Waals surface area contributed by atoms with Crippen molar-refractivity contribution in [2.24, 2.45) is 35.0 Å². The minimum Gasteiger partial charge on any atom is -0.100 e. The molecule has 0 heterocycles. The highest BCUT2D eigenvalue weighted by atomic mass is 14.5. The van der Waals surface area contributed by atoms with E-state index in [0.29, 0.717) is 5.41 Å². The number of unbranched alkanes of at least 4 members (excludes halogenated alkanes) is 2. The summed E-state index contributed by atoms with van der Waals surface area (Å²) in [5, 5.41) is 0. The van der Waals surface area contributed by atoms with Crippen LogP contribution in [0.4, 0.5) is 0 Å². The van der Waals surface area contributed by atoms with Gasteiger partial charge in [0.05, 0.1) is 0 Å². The van der Waals surface area contributed by atoms with Crippen molar-refractivity contribution in [3.63, 3.8) is 0 Å². The van der Waals surface area contributed by atoms with Gasteiger partial charge in [-0.25, -0.2) is 0 Å². The van der Waals surface area contributed by atoms with Crippen molar-refractivity contribution < 1.29 is 0 Å². The molecule has 1 rings (SSSR count). The normalized spacial score (nSPS) is 38.2. The topological polar surface area (TPSA) is 0 Å². The van der Waals surface area contributed by atoms with Crippen LogP contribution < -0.4 is 0 Å². The van der Waals surface area contributed by atoms with Crippen molar-refractivity contribution in [3.8, 4) is 0 Å². The van der Waals surface area contributed by atoms with Crippen LogP contribution in [0.25, 0.3) is 0 Å². The van der Waals surface area contributed by atoms with Crippen LogP contribution in [0.1, 0.15) is 87.0 Å². The summed E-state index contributed by atoms with van der Waals surface area (Å²) in [4.78, 5) is 0. The van der Waals surface area contributed by atoms with Crippen molar-refractivity contribution in [2.75, 3.05) is 0 Å². The predicted octanol–water partition coefficient (Wildman–Crippen LogP) is 7.10. The fourth-order valence-electron chi connectivity index (χ4n) is 4.91. The second-order valence-corrected chi connectivity index (χ2v) is 8.57. The zero-order valence-electron chi connectivity index (χ0n) is 15.8. The van der Waals surface area contributed by atoms with Gasteiger partial charge in [0.25, 0.3) is 0 Å². The first-order chi connectivity index (χ1) is 9.74. The molecule has 0 heteroatoms. The van der Waals surface area contributed by atoms with Crippen LogP contribution in [0.15, 0.2) is 12.2 Å². The van der Waals surface area contributed by atoms with Gasteiger partial charge in [0.15, 0.2) is 0 Å². The monoisotopic (exact) mass is 292 g/mol. The summed E-state index contributed by atoms with van der Waals surface area (Å²) in [6.45, 7) is 21.3. The maximum absolute atomic E-state index is 4.23. The van der Waals surface area contributed by atoms with E-state index in [1.807, 2.05) is 0 Å². The fourth-order valence-corrected chi connectivity index (χ4v) is 4.91. The lowest BCUT2D eigenvalue weighted by Crippen LogP contribution is -2.47. The van der Waals surface area contributed by atoms with Crippen molar-refractivity contribution in [3.05, 3.63) is 12.2 Å². The molecule has 0 aromatic rings. The molecule has 0 bridgehead atoms. The third-order valence-corrected chi connectivity index (χ3v) is 6.91. The number of rotatable bonds is 7. The van der Waals surface area contributed by atoms with Crippen molar-refractivity contribution in [1.29, 1.82) is 0 Å². The molecule has 0 aromatic carbocycles. The average Bonchev–Trinajstić information content (AvgIpc) is 2.41. The Hall–Kier alpha value is -0.260. The number of allylic oxidation sites excluding steroid dienone is 1. The molecule has 0 radical (unpaired) electrons. The van der Waals surface area contributed by atoms with Crippen LogP contribution in [0.5, 0.6) is 0 Å². The van der Waals surface area contributed by atoms with E-state index in [4.69, 9.17) is 0 Å². The molecule has 1 saturated carbocycles. The van der Waals surface area contributed by atoms with Crippen LogP contribution >= 0.6 is 0 Å². The Bertz CT molecular complexity index is 329. The molecular formula is C21H40. The fraction of sp³-hybridized carbons (Fsp3) is 0.905. The number of hydrogen-bond donors (Lipinski definition) is 0. The van der Waals surface area contributed by atoms with Gasteiger partial charge in [-0.3, -0.25) is 0 Å². The van der Waals surface area contributed by atoms with Crippen LogP contribution in [0, 0.1) is 35.0 Å². The molecule has 0 aromatic heterocycles. The molecule has 124 valence electrons. The molecule has 1 aliphatic rings. The molecule has 6 unspecified atom stereocenters. The highest BCUT2D eigenvalue weighted by Gasteiger charge is 2.48. The van der Waals surface area contributed by atoms with Gasteiger partial charge < -0.3 is 0 Å². The summed E-state index contributed by atoms with van der Waals surface area (Å²) >= 11 is 0. The minimum absolute atomic E-state index is 0.498. The first-order valence-corrected chi connectivity index (χ1v) is 9.38. The lowest BCUT2D eigenvalue weighted by Gasteiger charge is -2.54. The van der Waals surface area contributed by atoms with Gasteiger partial charge in [-0.1, -0.05) is 72.8 Å². The van der Waals surface area contributed by atoms with Gasteiger partial charge >= 0.3 is 0 Å². The Kier molecular flexibility index (Phi) is 7.01. The molecule has 0 aliphatic heterocycles. The van der Waals surface area contributed by atoms with Crippen LogP contribution in [-0.4, -0.2) is 0 Å². The zero-order valence-corrected chi connectivity index (χ0v) is 15.8. The smallest absolute Gasteiger partial charge is 0.0264 e. The minimum atomic E-state index is 0.498. The molecule has 1 aliphatic carbocycles. The highest BCUT2D eigenvalue weighted by Crippen LogP contribution is 2.55. The van der Waals surface area contributed by atoms with Gasteiger partial charge in [-0.2, -0.15) is 0 Å². The Labute approximate surface area is 134 Å². The van der Waals surface area contributed by atoms with Gasteiger partial charge in [-0.05, 0) is 54.8 Å². The summed E-state index contributed by atoms with van der Waals surface area (Å²) in [5.41, 5.74) is 1.87. The molecule has 6 atom stereocenters. The van der Waals surface area contributed by atoms with E-state index in [1.54, 1.807) is 0 Å². The molecule has 0 nitrogen and oxygen atoms in total. The van der Waals surface area contributed by atoms with Crippen molar-refractivity contribution in [1.82, 2.24) is 0 Å². The van der Waals surface area contributed by atoms with Gasteiger partial charge in [0.2, 0.25) is 0 Å². The first-order valence-electron chi connectivity index (χ1n) is 9.38. The Morgan fingerprint density at radius 2 is 1.81 bits per heavy atom. The van der Waals surface area contributed by atoms with E-state index in [0.717, 1.165) is 29.6 Å². The summed E-state index contributed by atoms with van der Waals surface area (Å²) in [7, 11) is 0. The van der Waals surface area contributed by atoms with E-state index >= 15 is 0 Å². The van der Waals surface area contributed by atoms with Crippen LogP contribution in [0.3, 0.4) is 0 Å². The third-order valence-electron chi connectivity index (χ3n) is 6.91. The van der Waals surface area contributed by atoms with E-state index in [-0.39, 0.29) is 0 Å². The molecule has 0 spiro atoms. The lowest BCUT2D eigenvalue weighted by atomic mass is 9.51. The van der Waals surface area contributed by atoms with Gasteiger partial charge in [0, 0.05) is 0 Å². The Morgan fingerprint density at radius 3 is 2.33 bits per heavy atom. The summed E-state index contributed by atoms with van der Waals surface area (Å²) < 4.78 is 0. The summed E-state index contributed by atoms with van der Waals surface area (Å²) in [5.74, 6) is 4.19. The van der Waals surface area contributed by atoms with E-state index in [9.17, 15) is 0 Å². The maximum Gasteiger partial charge on any atom is -0.0264 e. The quantitative estimate of drug-likeness (QED) is 0.346. The maximum atomic E-state index is 4.23. The largest absolute Gasteiger partial charge is 0.100 e. The predicted molar refractivity (Wildman–Crippen MR) is 96.4 cm³/mol. The lowest BCUT2D eigenvalue weighted by molar-refractivity contribution is -0.0451. The second kappa shape index (κ2) is 7.84. The van der Waals surface area contributed by atoms with Crippen LogP contribution in [-0.2, 0) is 0 Å². The first kappa shape index (κ1) is 18.8. The van der Waals surface area contributed by atoms with E-state index in [2.05, 4.69) is 55.0 Å². The van der Waals surface area contributed by atoms with Gasteiger partial charge in [0.1, 0.15) is 0 Å².